The van der Waals surface area contributed by atoms with Crippen molar-refractivity contribution in [1.82, 2.24) is 0 Å². The van der Waals surface area contributed by atoms with Crippen molar-refractivity contribution < 1.29 is 9.09 Å². The van der Waals surface area contributed by atoms with E-state index in [9.17, 15) is 4.57 Å². The van der Waals surface area contributed by atoms with Gasteiger partial charge >= 0.3 is 8.69 Å². The minimum atomic E-state index is -0.776. The van der Waals surface area contributed by atoms with Crippen LogP contribution < -0.4 is 4.52 Å². The molecule has 5 heteroatoms. The molecule has 0 spiro atoms. The summed E-state index contributed by atoms with van der Waals surface area (Å²) in [7, 11) is -0.776. The van der Waals surface area contributed by atoms with E-state index in [1.54, 1.807) is 0 Å². The normalized spacial score (nSPS) is 8.71. The molecule has 0 saturated heterocycles. The fourth-order valence-electron chi connectivity index (χ4n) is 1.47. The van der Waals surface area contributed by atoms with Crippen LogP contribution in [0.5, 0.6) is 5.75 Å². The van der Waals surface area contributed by atoms with Crippen molar-refractivity contribution in [1.29, 1.82) is 0 Å². The molecule has 1 aromatic rings. The molecule has 0 saturated carbocycles. The third kappa shape index (κ3) is 5.36. The van der Waals surface area contributed by atoms with E-state index in [0.29, 0.717) is 12.2 Å². The van der Waals surface area contributed by atoms with Crippen LogP contribution in [-0.4, -0.2) is 0 Å². The maximum absolute atomic E-state index is 10.5. The molecule has 2 nitrogen and oxygen atoms in total. The first kappa shape index (κ1) is 18.5. The summed E-state index contributed by atoms with van der Waals surface area (Å²) in [5, 5.41) is 0. The van der Waals surface area contributed by atoms with Crippen LogP contribution in [0.25, 0.3) is 0 Å². The van der Waals surface area contributed by atoms with Gasteiger partial charge in [-0.2, -0.15) is 0 Å². The Morgan fingerprint density at radius 1 is 1.18 bits per heavy atom. The molecular formula is C12H16Cl2O2P+. The summed E-state index contributed by atoms with van der Waals surface area (Å²) in [6, 6.07) is 5.72. The lowest BCUT2D eigenvalue weighted by Crippen LogP contribution is -1.94. The van der Waals surface area contributed by atoms with Crippen molar-refractivity contribution in [3.05, 3.63) is 54.6 Å². The number of rotatable bonds is 6. The van der Waals surface area contributed by atoms with Crippen LogP contribution in [0.1, 0.15) is 11.1 Å². The number of hydrogen-bond acceptors (Lipinski definition) is 2. The molecule has 1 atom stereocenters. The van der Waals surface area contributed by atoms with Gasteiger partial charge in [-0.1, -0.05) is 24.3 Å². The van der Waals surface area contributed by atoms with Gasteiger partial charge in [0.25, 0.3) is 0 Å². The minimum absolute atomic E-state index is 0. The Hall–Kier alpha value is -0.820. The van der Waals surface area contributed by atoms with Crippen molar-refractivity contribution in [3.8, 4) is 5.75 Å². The van der Waals surface area contributed by atoms with Gasteiger partial charge in [-0.3, -0.25) is 4.52 Å². The molecule has 1 unspecified atom stereocenters. The van der Waals surface area contributed by atoms with Crippen LogP contribution in [0.3, 0.4) is 0 Å². The summed E-state index contributed by atoms with van der Waals surface area (Å²) >= 11 is 0. The van der Waals surface area contributed by atoms with Crippen LogP contribution in [-0.2, 0) is 17.4 Å². The summed E-state index contributed by atoms with van der Waals surface area (Å²) in [6.45, 7) is 7.41. The molecule has 0 aliphatic rings. The Morgan fingerprint density at radius 2 is 1.82 bits per heavy atom. The zero-order valence-corrected chi connectivity index (χ0v) is 12.0. The summed E-state index contributed by atoms with van der Waals surface area (Å²) < 4.78 is 15.6. The fraction of sp³-hybridized carbons (Fsp3) is 0.167. The van der Waals surface area contributed by atoms with Gasteiger partial charge in [0.05, 0.1) is 0 Å². The molecule has 0 heterocycles. The number of allylic oxidation sites excluding steroid dienone is 2. The van der Waals surface area contributed by atoms with E-state index in [1.807, 2.05) is 30.4 Å². The lowest BCUT2D eigenvalue weighted by molar-refractivity contribution is 0.522. The van der Waals surface area contributed by atoms with Crippen LogP contribution in [0, 0.1) is 0 Å². The molecule has 17 heavy (non-hydrogen) atoms. The summed E-state index contributed by atoms with van der Waals surface area (Å²) in [6.07, 6.45) is 5.14. The summed E-state index contributed by atoms with van der Waals surface area (Å²) in [5.74, 6) is 0.669. The number of benzene rings is 1. The van der Waals surface area contributed by atoms with Gasteiger partial charge in [-0.05, 0) is 29.0 Å². The predicted molar refractivity (Wildman–Crippen MR) is 78.4 cm³/mol. The van der Waals surface area contributed by atoms with Crippen molar-refractivity contribution in [2.45, 2.75) is 12.8 Å². The van der Waals surface area contributed by atoms with E-state index < -0.39 is 8.69 Å². The molecule has 1 aromatic carbocycles. The molecule has 0 bridgehead atoms. The third-order valence-electron chi connectivity index (χ3n) is 2.09. The highest BCUT2D eigenvalue weighted by molar-refractivity contribution is 7.17. The quantitative estimate of drug-likeness (QED) is 0.577. The van der Waals surface area contributed by atoms with Crippen LogP contribution in [0.2, 0.25) is 0 Å². The van der Waals surface area contributed by atoms with Gasteiger partial charge in [0.1, 0.15) is 0 Å². The van der Waals surface area contributed by atoms with Crippen molar-refractivity contribution in [3.63, 3.8) is 0 Å². The molecule has 0 aliphatic heterocycles. The molecule has 0 aliphatic carbocycles. The van der Waals surface area contributed by atoms with E-state index in [4.69, 9.17) is 4.52 Å². The predicted octanol–water partition coefficient (Wildman–Crippen LogP) is 4.31. The van der Waals surface area contributed by atoms with Crippen molar-refractivity contribution >= 4 is 33.5 Å². The summed E-state index contributed by atoms with van der Waals surface area (Å²) in [4.78, 5) is 0. The van der Waals surface area contributed by atoms with E-state index >= 15 is 0 Å². The average molecular weight is 294 g/mol. The van der Waals surface area contributed by atoms with E-state index in [0.717, 1.165) is 17.5 Å². The maximum Gasteiger partial charge on any atom is 0.542 e. The molecule has 0 fully saturated rings. The monoisotopic (exact) mass is 293 g/mol. The maximum atomic E-state index is 10.5. The molecule has 0 amide bonds. The highest BCUT2D eigenvalue weighted by Crippen LogP contribution is 2.26. The lowest BCUT2D eigenvalue weighted by Gasteiger charge is -2.07. The van der Waals surface area contributed by atoms with Crippen LogP contribution >= 0.6 is 33.5 Å². The Balaban J connectivity index is 0. The van der Waals surface area contributed by atoms with Crippen molar-refractivity contribution in [2.75, 3.05) is 0 Å². The van der Waals surface area contributed by atoms with Crippen LogP contribution in [0.4, 0.5) is 0 Å². The zero-order valence-electron chi connectivity index (χ0n) is 9.35. The fourth-order valence-corrected chi connectivity index (χ4v) is 1.76. The molecular weight excluding hydrogens is 278 g/mol. The lowest BCUT2D eigenvalue weighted by atomic mass is 10.0. The first-order valence-electron chi connectivity index (χ1n) is 4.70. The smallest absolute Gasteiger partial charge is 0.256 e. The average Bonchev–Trinajstić information content (AvgIpc) is 2.23. The Labute approximate surface area is 116 Å². The highest BCUT2D eigenvalue weighted by Gasteiger charge is 2.10. The topological polar surface area (TPSA) is 26.3 Å². The van der Waals surface area contributed by atoms with E-state index in [-0.39, 0.29) is 24.8 Å². The molecule has 1 rings (SSSR count). The second kappa shape index (κ2) is 10.3. The second-order valence-corrected chi connectivity index (χ2v) is 3.44. The van der Waals surface area contributed by atoms with Gasteiger partial charge in [0.15, 0.2) is 5.75 Å². The Morgan fingerprint density at radius 3 is 2.35 bits per heavy atom. The first-order chi connectivity index (χ1) is 7.33. The van der Waals surface area contributed by atoms with Gasteiger partial charge < -0.3 is 0 Å². The van der Waals surface area contributed by atoms with E-state index in [2.05, 4.69) is 13.2 Å². The largest absolute Gasteiger partial charge is 0.542 e. The molecule has 94 valence electrons. The second-order valence-electron chi connectivity index (χ2n) is 3.06. The SMILES string of the molecule is C=CCc1cccc(O[PH+]=O)c1CC=C.Cl.Cl. The van der Waals surface area contributed by atoms with Gasteiger partial charge in [0, 0.05) is 5.56 Å². The standard InChI is InChI=1S/C12H14O2P.2ClH/c1-3-6-10-8-5-9-12(14-15-13)11(10)7-4-2;;/h3-5,8-9,15H,1-2,6-7H2;2*1H/q+1;;. The third-order valence-corrected chi connectivity index (χ3v) is 2.40. The first-order valence-corrected chi connectivity index (χ1v) is 5.51. The highest BCUT2D eigenvalue weighted by atomic mass is 35.5. The van der Waals surface area contributed by atoms with E-state index in [1.165, 1.54) is 0 Å². The molecule has 0 radical (unpaired) electrons. The van der Waals surface area contributed by atoms with Crippen LogP contribution in [0.15, 0.2) is 43.5 Å². The Bertz CT molecular complexity index is 353. The van der Waals surface area contributed by atoms with Gasteiger partial charge in [-0.25, -0.2) is 0 Å². The molecule has 0 aromatic heterocycles. The van der Waals surface area contributed by atoms with Crippen molar-refractivity contribution in [2.24, 2.45) is 0 Å². The Kier molecular flexibility index (Phi) is 11.3. The summed E-state index contributed by atoms with van der Waals surface area (Å²) in [5.41, 5.74) is 2.18. The minimum Gasteiger partial charge on any atom is -0.256 e. The number of hydrogen-bond donors (Lipinski definition) is 0. The number of halogens is 2. The molecule has 0 N–H and O–H groups in total. The van der Waals surface area contributed by atoms with Gasteiger partial charge in [-0.15, -0.1) is 38.0 Å². The van der Waals surface area contributed by atoms with Gasteiger partial charge in [0.2, 0.25) is 0 Å². The zero-order chi connectivity index (χ0) is 11.1.